The normalized spacial score (nSPS) is 25.1. The fourth-order valence-electron chi connectivity index (χ4n) is 4.14. The third kappa shape index (κ3) is 3.37. The zero-order valence-electron chi connectivity index (χ0n) is 16.0. The van der Waals surface area contributed by atoms with Crippen LogP contribution in [0.2, 0.25) is 0 Å². The highest BCUT2D eigenvalue weighted by Crippen LogP contribution is 2.36. The number of nitrogens with zero attached hydrogens (tertiary/aromatic N) is 3. The van der Waals surface area contributed by atoms with Gasteiger partial charge < -0.3 is 10.0 Å². The summed E-state index contributed by atoms with van der Waals surface area (Å²) in [5.41, 5.74) is 2.38. The number of halogens is 1. The Kier molecular flexibility index (Phi) is 4.31. The van der Waals surface area contributed by atoms with Crippen molar-refractivity contribution in [3.63, 3.8) is 0 Å². The zero-order chi connectivity index (χ0) is 20.0. The van der Waals surface area contributed by atoms with Crippen molar-refractivity contribution in [1.82, 2.24) is 20.7 Å². The highest BCUT2D eigenvalue weighted by atomic mass is 19.1. The Balaban J connectivity index is 1.26. The molecule has 1 aliphatic carbocycles. The first-order chi connectivity index (χ1) is 14.0. The average Bonchev–Trinajstić information content (AvgIpc) is 3.49. The Morgan fingerprint density at radius 3 is 2.76 bits per heavy atom. The van der Waals surface area contributed by atoms with Crippen LogP contribution in [0.1, 0.15) is 31.2 Å². The molecule has 1 aromatic carbocycles. The van der Waals surface area contributed by atoms with Gasteiger partial charge in [0.25, 0.3) is 0 Å². The lowest BCUT2D eigenvalue weighted by molar-refractivity contribution is -0.120. The summed E-state index contributed by atoms with van der Waals surface area (Å²) in [6.07, 6.45) is 8.40. The van der Waals surface area contributed by atoms with Crippen LogP contribution in [0.25, 0.3) is 0 Å². The van der Waals surface area contributed by atoms with E-state index in [4.69, 9.17) is 0 Å². The maximum atomic E-state index is 14.2. The molecule has 7 nitrogen and oxygen atoms in total. The molecular weight excluding hydrogens is 373 g/mol. The third-order valence-corrected chi connectivity index (χ3v) is 6.01. The van der Waals surface area contributed by atoms with Gasteiger partial charge in [0.15, 0.2) is 6.17 Å². The molecule has 3 aliphatic heterocycles. The predicted molar refractivity (Wildman–Crippen MR) is 105 cm³/mol. The smallest absolute Gasteiger partial charge is 0.229 e. The van der Waals surface area contributed by atoms with Crippen molar-refractivity contribution in [2.45, 2.75) is 37.5 Å². The molecule has 8 heteroatoms. The second-order valence-corrected chi connectivity index (χ2v) is 8.04. The van der Waals surface area contributed by atoms with Crippen molar-refractivity contribution in [2.75, 3.05) is 13.1 Å². The van der Waals surface area contributed by atoms with E-state index in [1.807, 2.05) is 23.2 Å². The number of likely N-dealkylation sites (tertiary alicyclic amines) is 1. The first-order valence-electron chi connectivity index (χ1n) is 10.1. The molecule has 152 valence electrons. The minimum absolute atomic E-state index is 0.0125. The van der Waals surface area contributed by atoms with Gasteiger partial charge in [-0.05, 0) is 43.9 Å². The van der Waals surface area contributed by atoms with Gasteiger partial charge in [-0.3, -0.25) is 15.5 Å². The number of piperidine rings is 1. The summed E-state index contributed by atoms with van der Waals surface area (Å²) < 4.78 is 14.2. The van der Waals surface area contributed by atoms with Crippen LogP contribution in [0.3, 0.4) is 0 Å². The van der Waals surface area contributed by atoms with Crippen LogP contribution in [-0.4, -0.2) is 46.1 Å². The molecule has 1 saturated heterocycles. The SMILES string of the molecule is O=C(NC1=NC2C=CC=C(N3CCC(O)(c4ccccc4F)CC3)N2N1)C1CC1. The molecule has 1 saturated carbocycles. The minimum atomic E-state index is -1.16. The predicted octanol–water partition coefficient (Wildman–Crippen LogP) is 1.55. The van der Waals surface area contributed by atoms with Crippen LogP contribution in [0.5, 0.6) is 0 Å². The van der Waals surface area contributed by atoms with E-state index in [0.29, 0.717) is 37.5 Å². The zero-order valence-corrected chi connectivity index (χ0v) is 16.0. The van der Waals surface area contributed by atoms with Gasteiger partial charge in [0.1, 0.15) is 11.6 Å². The first kappa shape index (κ1) is 18.2. The van der Waals surface area contributed by atoms with Gasteiger partial charge in [-0.15, -0.1) is 0 Å². The lowest BCUT2D eigenvalue weighted by Gasteiger charge is -2.43. The lowest BCUT2D eigenvalue weighted by atomic mass is 9.84. The summed E-state index contributed by atoms with van der Waals surface area (Å²) in [5, 5.41) is 15.8. The molecule has 29 heavy (non-hydrogen) atoms. The maximum Gasteiger partial charge on any atom is 0.229 e. The number of hydrogen-bond acceptors (Lipinski definition) is 6. The van der Waals surface area contributed by atoms with Crippen molar-refractivity contribution in [3.8, 4) is 0 Å². The number of carbonyl (C=O) groups excluding carboxylic acids is 1. The van der Waals surface area contributed by atoms with E-state index in [1.54, 1.807) is 18.2 Å². The van der Waals surface area contributed by atoms with E-state index in [1.165, 1.54) is 6.07 Å². The number of aliphatic imine (C=N–C) groups is 1. The second-order valence-electron chi connectivity index (χ2n) is 8.04. The standard InChI is InChI=1S/C21H24FN5O2/c22-16-5-2-1-4-15(16)21(29)10-12-26(13-11-21)18-7-3-6-17-23-20(25-27(17)18)24-19(28)14-8-9-14/h1-7,14,17,29H,8-13H2,(H2,23,24,25,28). The summed E-state index contributed by atoms with van der Waals surface area (Å²) in [7, 11) is 0. The Bertz CT molecular complexity index is 915. The number of aliphatic hydroxyl groups is 1. The first-order valence-corrected chi connectivity index (χ1v) is 10.1. The fourth-order valence-corrected chi connectivity index (χ4v) is 4.14. The van der Waals surface area contributed by atoms with Gasteiger partial charge >= 0.3 is 0 Å². The molecule has 0 bridgehead atoms. The number of guanidine groups is 1. The van der Waals surface area contributed by atoms with E-state index >= 15 is 0 Å². The number of rotatable bonds is 3. The molecular formula is C21H24FN5O2. The topological polar surface area (TPSA) is 80.2 Å². The van der Waals surface area contributed by atoms with E-state index in [0.717, 1.165) is 18.7 Å². The molecule has 2 fully saturated rings. The summed E-state index contributed by atoms with van der Waals surface area (Å²) in [6, 6.07) is 6.44. The number of nitrogens with one attached hydrogen (secondary N) is 2. The highest BCUT2D eigenvalue weighted by Gasteiger charge is 2.39. The molecule has 3 heterocycles. The van der Waals surface area contributed by atoms with Gasteiger partial charge in [-0.1, -0.05) is 24.3 Å². The van der Waals surface area contributed by atoms with Crippen molar-refractivity contribution in [1.29, 1.82) is 0 Å². The van der Waals surface area contributed by atoms with E-state index in [9.17, 15) is 14.3 Å². The van der Waals surface area contributed by atoms with Crippen molar-refractivity contribution in [3.05, 3.63) is 59.7 Å². The largest absolute Gasteiger partial charge is 0.385 e. The Morgan fingerprint density at radius 1 is 1.28 bits per heavy atom. The Hall–Kier alpha value is -2.87. The van der Waals surface area contributed by atoms with Crippen LogP contribution < -0.4 is 10.7 Å². The maximum absolute atomic E-state index is 14.2. The minimum Gasteiger partial charge on any atom is -0.385 e. The van der Waals surface area contributed by atoms with Crippen LogP contribution in [0.4, 0.5) is 4.39 Å². The summed E-state index contributed by atoms with van der Waals surface area (Å²) in [4.78, 5) is 18.7. The molecule has 1 atom stereocenters. The number of fused-ring (bicyclic) bond motifs is 1. The lowest BCUT2D eigenvalue weighted by Crippen LogP contribution is -2.52. The Morgan fingerprint density at radius 2 is 2.03 bits per heavy atom. The molecule has 5 rings (SSSR count). The summed E-state index contributed by atoms with van der Waals surface area (Å²) >= 11 is 0. The van der Waals surface area contributed by atoms with Gasteiger partial charge in [-0.25, -0.2) is 14.4 Å². The number of benzene rings is 1. The van der Waals surface area contributed by atoms with Crippen LogP contribution >= 0.6 is 0 Å². The van der Waals surface area contributed by atoms with Gasteiger partial charge in [0.05, 0.1) is 5.60 Å². The molecule has 1 amide bonds. The summed E-state index contributed by atoms with van der Waals surface area (Å²) in [6.45, 7) is 1.17. The third-order valence-electron chi connectivity index (χ3n) is 6.01. The van der Waals surface area contributed by atoms with E-state index in [2.05, 4.69) is 20.6 Å². The molecule has 3 N–H and O–H groups in total. The van der Waals surface area contributed by atoms with E-state index < -0.39 is 5.60 Å². The molecule has 0 radical (unpaired) electrons. The average molecular weight is 397 g/mol. The fraction of sp³-hybridized carbons (Fsp3) is 0.429. The molecule has 0 aromatic heterocycles. The monoisotopic (exact) mass is 397 g/mol. The molecule has 1 aromatic rings. The van der Waals surface area contributed by atoms with Crippen molar-refractivity contribution < 1.29 is 14.3 Å². The summed E-state index contributed by atoms with van der Waals surface area (Å²) in [5.74, 6) is 1.14. The van der Waals surface area contributed by atoms with Crippen molar-refractivity contribution in [2.24, 2.45) is 10.9 Å². The van der Waals surface area contributed by atoms with Gasteiger partial charge in [-0.2, -0.15) is 0 Å². The Labute approximate surface area is 168 Å². The van der Waals surface area contributed by atoms with Crippen LogP contribution in [0.15, 0.2) is 53.3 Å². The van der Waals surface area contributed by atoms with E-state index in [-0.39, 0.29) is 23.8 Å². The number of hydrogen-bond donors (Lipinski definition) is 3. The number of amides is 1. The van der Waals surface area contributed by atoms with Gasteiger partial charge in [0.2, 0.25) is 11.9 Å². The van der Waals surface area contributed by atoms with Crippen LogP contribution in [0, 0.1) is 11.7 Å². The molecule has 0 spiro atoms. The quantitative estimate of drug-likeness (QED) is 0.721. The van der Waals surface area contributed by atoms with Gasteiger partial charge in [0, 0.05) is 24.6 Å². The number of hydrazine groups is 1. The highest BCUT2D eigenvalue weighted by molar-refractivity contribution is 5.99. The number of carbonyl (C=O) groups is 1. The molecule has 1 unspecified atom stereocenters. The number of allylic oxidation sites excluding steroid dienone is 2. The second kappa shape index (κ2) is 6.88. The van der Waals surface area contributed by atoms with Crippen molar-refractivity contribution >= 4 is 11.9 Å². The van der Waals surface area contributed by atoms with Crippen LogP contribution in [-0.2, 0) is 10.4 Å². The molecule has 4 aliphatic rings.